The molecule has 1 aromatic carbocycles. The van der Waals surface area contributed by atoms with Crippen LogP contribution in [-0.4, -0.2) is 18.6 Å². The second-order valence-electron chi connectivity index (χ2n) is 4.88. The summed E-state index contributed by atoms with van der Waals surface area (Å²) in [5.41, 5.74) is 3.72. The molecule has 0 saturated carbocycles. The number of anilines is 2. The Balaban J connectivity index is 2.36. The van der Waals surface area contributed by atoms with Gasteiger partial charge in [0.15, 0.2) is 0 Å². The molecule has 0 amide bonds. The first-order valence-corrected chi connectivity index (χ1v) is 7.27. The third kappa shape index (κ3) is 3.58. The van der Waals surface area contributed by atoms with Crippen molar-refractivity contribution in [1.29, 1.82) is 0 Å². The van der Waals surface area contributed by atoms with Crippen molar-refractivity contribution < 1.29 is 0 Å². The van der Waals surface area contributed by atoms with Crippen LogP contribution < -0.4 is 10.2 Å². The zero-order valence-corrected chi connectivity index (χ0v) is 12.3. The summed E-state index contributed by atoms with van der Waals surface area (Å²) in [6.07, 6.45) is 6.19. The van der Waals surface area contributed by atoms with Gasteiger partial charge in [-0.05, 0) is 31.7 Å². The Hall–Kier alpha value is -1.87. The molecule has 20 heavy (non-hydrogen) atoms. The maximum Gasteiger partial charge on any atom is 0.0487 e. The third-order valence-electron chi connectivity index (χ3n) is 3.34. The van der Waals surface area contributed by atoms with Crippen molar-refractivity contribution in [1.82, 2.24) is 10.3 Å². The van der Waals surface area contributed by atoms with Crippen molar-refractivity contribution in [2.24, 2.45) is 0 Å². The van der Waals surface area contributed by atoms with Crippen LogP contribution in [-0.2, 0) is 6.54 Å². The maximum atomic E-state index is 4.25. The lowest BCUT2D eigenvalue weighted by atomic mass is 10.1. The Kier molecular flexibility index (Phi) is 5.56. The average Bonchev–Trinajstić information content (AvgIpc) is 2.50. The zero-order chi connectivity index (χ0) is 14.2. The number of benzene rings is 1. The number of hydrogen-bond donors (Lipinski definition) is 1. The van der Waals surface area contributed by atoms with Crippen LogP contribution in [0.4, 0.5) is 11.4 Å². The molecular weight excluding hydrogens is 246 g/mol. The van der Waals surface area contributed by atoms with Crippen molar-refractivity contribution in [2.75, 3.05) is 18.5 Å². The van der Waals surface area contributed by atoms with Gasteiger partial charge in [-0.2, -0.15) is 0 Å². The fraction of sp³-hybridized carbons (Fsp3) is 0.353. The number of rotatable bonds is 7. The summed E-state index contributed by atoms with van der Waals surface area (Å²) < 4.78 is 0. The van der Waals surface area contributed by atoms with E-state index in [1.165, 1.54) is 29.8 Å². The SMILES string of the molecule is CCCCN(c1ccccc1)c1ccncc1CNC. The molecular formula is C17H23N3. The van der Waals surface area contributed by atoms with E-state index in [1.54, 1.807) is 0 Å². The van der Waals surface area contributed by atoms with E-state index in [1.807, 2.05) is 19.4 Å². The van der Waals surface area contributed by atoms with Gasteiger partial charge in [-0.25, -0.2) is 0 Å². The molecule has 0 spiro atoms. The standard InChI is InChI=1S/C17H23N3/c1-3-4-12-20(16-8-6-5-7-9-16)17-10-11-19-14-15(17)13-18-2/h5-11,14,18H,3-4,12-13H2,1-2H3. The second-order valence-corrected chi connectivity index (χ2v) is 4.88. The molecule has 0 saturated heterocycles. The van der Waals surface area contributed by atoms with Crippen LogP contribution in [0.1, 0.15) is 25.3 Å². The van der Waals surface area contributed by atoms with Crippen molar-refractivity contribution in [3.63, 3.8) is 0 Å². The largest absolute Gasteiger partial charge is 0.341 e. The van der Waals surface area contributed by atoms with E-state index in [0.717, 1.165) is 13.1 Å². The summed E-state index contributed by atoms with van der Waals surface area (Å²) in [6.45, 7) is 4.09. The van der Waals surface area contributed by atoms with E-state index in [4.69, 9.17) is 0 Å². The minimum absolute atomic E-state index is 0.832. The van der Waals surface area contributed by atoms with Gasteiger partial charge in [0.05, 0.1) is 0 Å². The van der Waals surface area contributed by atoms with Crippen molar-refractivity contribution in [3.05, 3.63) is 54.4 Å². The van der Waals surface area contributed by atoms with Crippen LogP contribution in [0.2, 0.25) is 0 Å². The number of aromatic nitrogens is 1. The molecule has 0 radical (unpaired) electrons. The van der Waals surface area contributed by atoms with Gasteiger partial charge in [0, 0.05) is 42.4 Å². The molecule has 0 unspecified atom stereocenters. The summed E-state index contributed by atoms with van der Waals surface area (Å²) in [7, 11) is 1.97. The van der Waals surface area contributed by atoms with Gasteiger partial charge >= 0.3 is 0 Å². The Morgan fingerprint density at radius 2 is 1.95 bits per heavy atom. The molecule has 2 aromatic rings. The summed E-state index contributed by atoms with van der Waals surface area (Å²) >= 11 is 0. The number of nitrogens with one attached hydrogen (secondary N) is 1. The average molecular weight is 269 g/mol. The topological polar surface area (TPSA) is 28.2 Å². The van der Waals surface area contributed by atoms with Crippen LogP contribution in [0, 0.1) is 0 Å². The van der Waals surface area contributed by atoms with E-state index in [2.05, 4.69) is 58.5 Å². The molecule has 0 atom stereocenters. The lowest BCUT2D eigenvalue weighted by Gasteiger charge is -2.27. The van der Waals surface area contributed by atoms with Crippen LogP contribution in [0.25, 0.3) is 0 Å². The molecule has 0 aliphatic rings. The molecule has 0 fully saturated rings. The molecule has 3 nitrogen and oxygen atoms in total. The molecule has 2 rings (SSSR count). The van der Waals surface area contributed by atoms with Crippen LogP contribution in [0.5, 0.6) is 0 Å². The summed E-state index contributed by atoms with van der Waals surface area (Å²) in [4.78, 5) is 6.64. The smallest absolute Gasteiger partial charge is 0.0487 e. The van der Waals surface area contributed by atoms with Crippen molar-refractivity contribution >= 4 is 11.4 Å². The fourth-order valence-electron chi connectivity index (χ4n) is 2.32. The highest BCUT2D eigenvalue weighted by molar-refractivity contribution is 5.65. The second kappa shape index (κ2) is 7.65. The predicted octanol–water partition coefficient (Wildman–Crippen LogP) is 3.74. The van der Waals surface area contributed by atoms with Gasteiger partial charge in [0.1, 0.15) is 0 Å². The summed E-state index contributed by atoms with van der Waals surface area (Å²) in [6, 6.07) is 12.7. The van der Waals surface area contributed by atoms with E-state index in [9.17, 15) is 0 Å². The molecule has 106 valence electrons. The Morgan fingerprint density at radius 3 is 2.65 bits per heavy atom. The lowest BCUT2D eigenvalue weighted by Crippen LogP contribution is -2.21. The highest BCUT2D eigenvalue weighted by atomic mass is 15.1. The summed E-state index contributed by atoms with van der Waals surface area (Å²) in [5, 5.41) is 3.22. The first-order valence-electron chi connectivity index (χ1n) is 7.27. The van der Waals surface area contributed by atoms with E-state index >= 15 is 0 Å². The molecule has 1 heterocycles. The van der Waals surface area contributed by atoms with Gasteiger partial charge in [-0.15, -0.1) is 0 Å². The van der Waals surface area contributed by atoms with Crippen LogP contribution >= 0.6 is 0 Å². The van der Waals surface area contributed by atoms with Crippen LogP contribution in [0.15, 0.2) is 48.8 Å². The van der Waals surface area contributed by atoms with Gasteiger partial charge in [0.2, 0.25) is 0 Å². The Morgan fingerprint density at radius 1 is 1.15 bits per heavy atom. The van der Waals surface area contributed by atoms with E-state index in [-0.39, 0.29) is 0 Å². The number of nitrogens with zero attached hydrogens (tertiary/aromatic N) is 2. The predicted molar refractivity (Wildman–Crippen MR) is 85.4 cm³/mol. The summed E-state index contributed by atoms with van der Waals surface area (Å²) in [5.74, 6) is 0. The molecule has 0 aliphatic heterocycles. The first-order chi connectivity index (χ1) is 9.86. The molecule has 3 heteroatoms. The number of pyridine rings is 1. The molecule has 1 N–H and O–H groups in total. The third-order valence-corrected chi connectivity index (χ3v) is 3.34. The number of hydrogen-bond acceptors (Lipinski definition) is 3. The normalized spacial score (nSPS) is 10.5. The number of para-hydroxylation sites is 1. The van der Waals surface area contributed by atoms with Crippen molar-refractivity contribution in [2.45, 2.75) is 26.3 Å². The molecule has 1 aromatic heterocycles. The lowest BCUT2D eigenvalue weighted by molar-refractivity contribution is 0.770. The molecule has 0 bridgehead atoms. The maximum absolute atomic E-state index is 4.25. The van der Waals surface area contributed by atoms with Gasteiger partial charge in [-0.1, -0.05) is 31.5 Å². The van der Waals surface area contributed by atoms with Gasteiger partial charge in [-0.3, -0.25) is 4.98 Å². The Bertz CT molecular complexity index is 511. The molecule has 0 aliphatic carbocycles. The zero-order valence-electron chi connectivity index (χ0n) is 12.3. The van der Waals surface area contributed by atoms with Gasteiger partial charge in [0.25, 0.3) is 0 Å². The monoisotopic (exact) mass is 269 g/mol. The number of unbranched alkanes of at least 4 members (excludes halogenated alkanes) is 1. The highest BCUT2D eigenvalue weighted by Gasteiger charge is 2.12. The van der Waals surface area contributed by atoms with Crippen molar-refractivity contribution in [3.8, 4) is 0 Å². The first kappa shape index (κ1) is 14.5. The van der Waals surface area contributed by atoms with E-state index < -0.39 is 0 Å². The van der Waals surface area contributed by atoms with Gasteiger partial charge < -0.3 is 10.2 Å². The Labute approximate surface area is 121 Å². The minimum Gasteiger partial charge on any atom is -0.341 e. The van der Waals surface area contributed by atoms with E-state index in [0.29, 0.717) is 0 Å². The minimum atomic E-state index is 0.832. The van der Waals surface area contributed by atoms with Crippen LogP contribution in [0.3, 0.4) is 0 Å². The highest BCUT2D eigenvalue weighted by Crippen LogP contribution is 2.28. The quantitative estimate of drug-likeness (QED) is 0.830. The fourth-order valence-corrected chi connectivity index (χ4v) is 2.32.